The molecule has 0 saturated heterocycles. The SMILES string of the molecule is CN(C)C1CCC(C(=O)NC(=N)Nc2ccc(Nc3ncc4c(n3)-c3ccc(Cl)cc3C(c3ccccc3F)=NC4)cc2)C1. The van der Waals surface area contributed by atoms with E-state index >= 15 is 0 Å². The zero-order chi connectivity index (χ0) is 30.8. The molecule has 224 valence electrons. The summed E-state index contributed by atoms with van der Waals surface area (Å²) in [4.78, 5) is 28.8. The van der Waals surface area contributed by atoms with Crippen LogP contribution in [0.5, 0.6) is 0 Å². The Bertz CT molecular complexity index is 1760. The van der Waals surface area contributed by atoms with Crippen LogP contribution in [-0.4, -0.2) is 52.6 Å². The van der Waals surface area contributed by atoms with E-state index in [1.54, 1.807) is 48.7 Å². The van der Waals surface area contributed by atoms with E-state index in [0.29, 0.717) is 45.2 Å². The van der Waals surface area contributed by atoms with Crippen molar-refractivity contribution in [1.82, 2.24) is 20.2 Å². The average Bonchev–Trinajstić information content (AvgIpc) is 3.46. The van der Waals surface area contributed by atoms with E-state index in [1.807, 2.05) is 32.3 Å². The second-order valence-corrected chi connectivity index (χ2v) is 11.7. The van der Waals surface area contributed by atoms with E-state index < -0.39 is 0 Å². The summed E-state index contributed by atoms with van der Waals surface area (Å²) >= 11 is 6.37. The Balaban J connectivity index is 1.15. The summed E-state index contributed by atoms with van der Waals surface area (Å²) in [7, 11) is 4.06. The fraction of sp³-hybridized carbons (Fsp3) is 0.242. The highest BCUT2D eigenvalue weighted by molar-refractivity contribution is 6.31. The van der Waals surface area contributed by atoms with Gasteiger partial charge in [0.2, 0.25) is 11.9 Å². The van der Waals surface area contributed by atoms with Crippen LogP contribution in [-0.2, 0) is 11.3 Å². The molecule has 0 bridgehead atoms. The maximum atomic E-state index is 14.8. The Labute approximate surface area is 260 Å². The van der Waals surface area contributed by atoms with Crippen LogP contribution in [0.3, 0.4) is 0 Å². The molecule has 2 aliphatic rings. The molecule has 11 heteroatoms. The van der Waals surface area contributed by atoms with Crippen molar-refractivity contribution < 1.29 is 9.18 Å². The van der Waals surface area contributed by atoms with Crippen molar-refractivity contribution in [2.24, 2.45) is 10.9 Å². The number of carbonyl (C=O) groups excluding carboxylic acids is 1. The molecule has 1 saturated carbocycles. The molecule has 1 amide bonds. The van der Waals surface area contributed by atoms with Crippen molar-refractivity contribution in [1.29, 1.82) is 5.41 Å². The van der Waals surface area contributed by atoms with Crippen LogP contribution in [0.4, 0.5) is 21.7 Å². The van der Waals surface area contributed by atoms with Crippen molar-refractivity contribution >= 4 is 46.5 Å². The summed E-state index contributed by atoms with van der Waals surface area (Å²) in [6.45, 7) is 0.283. The highest BCUT2D eigenvalue weighted by atomic mass is 35.5. The predicted molar refractivity (Wildman–Crippen MR) is 172 cm³/mol. The molecule has 1 fully saturated rings. The van der Waals surface area contributed by atoms with Crippen molar-refractivity contribution in [2.45, 2.75) is 31.8 Å². The highest BCUT2D eigenvalue weighted by Gasteiger charge is 2.31. The topological polar surface area (TPSA) is 118 Å². The number of hydrogen-bond donors (Lipinski definition) is 4. The second kappa shape index (κ2) is 12.5. The van der Waals surface area contributed by atoms with Gasteiger partial charge in [-0.15, -0.1) is 0 Å². The van der Waals surface area contributed by atoms with Gasteiger partial charge in [-0.25, -0.2) is 14.4 Å². The minimum absolute atomic E-state index is 0.0613. The Morgan fingerprint density at radius 1 is 1.00 bits per heavy atom. The van der Waals surface area contributed by atoms with E-state index in [-0.39, 0.29) is 30.1 Å². The normalized spacial score (nSPS) is 17.2. The van der Waals surface area contributed by atoms with E-state index in [1.165, 1.54) is 6.07 Å². The number of aromatic nitrogens is 2. The van der Waals surface area contributed by atoms with Crippen LogP contribution in [0.25, 0.3) is 11.3 Å². The van der Waals surface area contributed by atoms with E-state index in [9.17, 15) is 9.18 Å². The van der Waals surface area contributed by atoms with Gasteiger partial charge >= 0.3 is 0 Å². The molecular weight excluding hydrogens is 579 g/mol. The molecule has 6 rings (SSSR count). The highest BCUT2D eigenvalue weighted by Crippen LogP contribution is 2.34. The van der Waals surface area contributed by atoms with Gasteiger partial charge in [-0.2, -0.15) is 0 Å². The molecular formula is C33H32ClFN8O. The second-order valence-electron chi connectivity index (χ2n) is 11.2. The van der Waals surface area contributed by atoms with Gasteiger partial charge in [-0.3, -0.25) is 20.5 Å². The lowest BCUT2D eigenvalue weighted by molar-refractivity contribution is -0.123. The van der Waals surface area contributed by atoms with Crippen molar-refractivity contribution in [3.8, 4) is 11.3 Å². The van der Waals surface area contributed by atoms with Gasteiger partial charge in [0.1, 0.15) is 5.82 Å². The van der Waals surface area contributed by atoms with Crippen molar-refractivity contribution in [3.05, 3.63) is 100 Å². The lowest BCUT2D eigenvalue weighted by atomic mass is 9.95. The van der Waals surface area contributed by atoms with E-state index in [0.717, 1.165) is 36.1 Å². The Morgan fingerprint density at radius 3 is 2.52 bits per heavy atom. The number of carbonyl (C=O) groups is 1. The molecule has 1 aromatic heterocycles. The van der Waals surface area contributed by atoms with Crippen LogP contribution in [0.1, 0.15) is 36.0 Å². The van der Waals surface area contributed by atoms with Gasteiger partial charge in [0.05, 0.1) is 18.0 Å². The number of guanidine groups is 1. The van der Waals surface area contributed by atoms with Crippen LogP contribution >= 0.6 is 11.6 Å². The monoisotopic (exact) mass is 610 g/mol. The third-order valence-corrected chi connectivity index (χ3v) is 8.29. The number of nitrogens with zero attached hydrogens (tertiary/aromatic N) is 4. The number of benzene rings is 3. The lowest BCUT2D eigenvalue weighted by Gasteiger charge is -2.19. The number of hydrogen-bond acceptors (Lipinski definition) is 7. The molecule has 9 nitrogen and oxygen atoms in total. The van der Waals surface area contributed by atoms with Crippen LogP contribution < -0.4 is 16.0 Å². The van der Waals surface area contributed by atoms with Crippen LogP contribution in [0.2, 0.25) is 5.02 Å². The molecule has 2 unspecified atom stereocenters. The molecule has 4 N–H and O–H groups in total. The molecule has 2 atom stereocenters. The summed E-state index contributed by atoms with van der Waals surface area (Å²) in [5, 5.41) is 17.6. The predicted octanol–water partition coefficient (Wildman–Crippen LogP) is 6.22. The number of nitrogens with one attached hydrogen (secondary N) is 4. The molecule has 0 spiro atoms. The molecule has 4 aromatic rings. The van der Waals surface area contributed by atoms with Gasteiger partial charge < -0.3 is 15.5 Å². The summed E-state index contributed by atoms with van der Waals surface area (Å²) in [6.07, 6.45) is 4.34. The number of amides is 1. The molecule has 0 radical (unpaired) electrons. The van der Waals surface area contributed by atoms with Gasteiger partial charge in [0.15, 0.2) is 5.96 Å². The molecule has 44 heavy (non-hydrogen) atoms. The summed E-state index contributed by atoms with van der Waals surface area (Å²) < 4.78 is 14.8. The minimum Gasteiger partial charge on any atom is -0.326 e. The quantitative estimate of drug-likeness (QED) is 0.152. The lowest BCUT2D eigenvalue weighted by Crippen LogP contribution is -2.39. The average molecular weight is 611 g/mol. The van der Waals surface area contributed by atoms with E-state index in [2.05, 4.69) is 25.8 Å². The first-order valence-corrected chi connectivity index (χ1v) is 14.8. The minimum atomic E-state index is -0.362. The maximum absolute atomic E-state index is 14.8. The number of halogens is 2. The zero-order valence-electron chi connectivity index (χ0n) is 24.4. The molecule has 1 aliphatic heterocycles. The summed E-state index contributed by atoms with van der Waals surface area (Å²) in [5.74, 6) is -0.250. The Kier molecular flexibility index (Phi) is 8.36. The first-order chi connectivity index (χ1) is 21.2. The number of rotatable bonds is 6. The molecule has 2 heterocycles. The Morgan fingerprint density at radius 2 is 1.77 bits per heavy atom. The fourth-order valence-corrected chi connectivity index (χ4v) is 5.87. The maximum Gasteiger partial charge on any atom is 0.229 e. The zero-order valence-corrected chi connectivity index (χ0v) is 25.1. The first-order valence-electron chi connectivity index (χ1n) is 14.4. The fourth-order valence-electron chi connectivity index (χ4n) is 5.70. The third kappa shape index (κ3) is 6.31. The van der Waals surface area contributed by atoms with Crippen LogP contribution in [0.15, 0.2) is 77.9 Å². The van der Waals surface area contributed by atoms with Gasteiger partial charge in [0, 0.05) is 56.8 Å². The third-order valence-electron chi connectivity index (χ3n) is 8.06. The number of aliphatic imine (C=N–C) groups is 1. The van der Waals surface area contributed by atoms with E-state index in [4.69, 9.17) is 27.0 Å². The van der Waals surface area contributed by atoms with Gasteiger partial charge in [0.25, 0.3) is 0 Å². The summed E-state index contributed by atoms with van der Waals surface area (Å²) in [5.41, 5.74) is 5.27. The van der Waals surface area contributed by atoms with Crippen molar-refractivity contribution in [3.63, 3.8) is 0 Å². The van der Waals surface area contributed by atoms with Crippen LogP contribution in [0, 0.1) is 17.1 Å². The molecule has 3 aromatic carbocycles. The smallest absolute Gasteiger partial charge is 0.229 e. The van der Waals surface area contributed by atoms with Gasteiger partial charge in [-0.05, 0) is 81.9 Å². The summed E-state index contributed by atoms with van der Waals surface area (Å²) in [6, 6.07) is 19.6. The Hall–Kier alpha value is -4.67. The first kappa shape index (κ1) is 29.4. The standard InChI is InChI=1S/C33H32ClFN8O/c1-43(2)24-13-7-19(15-24)31(44)42-32(36)39-22-9-11-23(12-10-22)40-33-38-18-20-17-37-30(26-5-3-4-6-28(26)35)27-16-21(34)8-14-25(27)29(20)41-33/h3-6,8-12,14,16,18-19,24H,7,13,15,17H2,1-2H3,(H,38,40,41)(H3,36,39,42,44). The van der Waals surface area contributed by atoms with Crippen molar-refractivity contribution in [2.75, 3.05) is 24.7 Å². The largest absolute Gasteiger partial charge is 0.326 e. The van der Waals surface area contributed by atoms with Gasteiger partial charge in [-0.1, -0.05) is 29.8 Å². The molecule has 1 aliphatic carbocycles. The number of fused-ring (bicyclic) bond motifs is 3. The number of anilines is 3.